The first kappa shape index (κ1) is 16.8. The van der Waals surface area contributed by atoms with Crippen LogP contribution in [0.1, 0.15) is 20.8 Å². The maximum absolute atomic E-state index is 12.2. The predicted octanol–water partition coefficient (Wildman–Crippen LogP) is 1.78. The zero-order chi connectivity index (χ0) is 16.3. The van der Waals surface area contributed by atoms with Gasteiger partial charge in [0.15, 0.2) is 9.84 Å². The lowest BCUT2D eigenvalue weighted by Gasteiger charge is -2.37. The Morgan fingerprint density at radius 3 is 2.27 bits per heavy atom. The average Bonchev–Trinajstić information content (AvgIpc) is 2.54. The second-order valence-electron chi connectivity index (χ2n) is 5.84. The van der Waals surface area contributed by atoms with Gasteiger partial charge in [-0.05, 0) is 12.1 Å². The van der Waals surface area contributed by atoms with Crippen molar-refractivity contribution < 1.29 is 13.2 Å². The number of anilines is 1. The van der Waals surface area contributed by atoms with Crippen LogP contribution in [0.2, 0.25) is 0 Å². The van der Waals surface area contributed by atoms with Crippen LogP contribution in [-0.4, -0.2) is 51.2 Å². The molecule has 0 N–H and O–H groups in total. The third-order valence-electron chi connectivity index (χ3n) is 4.01. The molecule has 1 amide bonds. The first-order chi connectivity index (χ1) is 10.4. The van der Waals surface area contributed by atoms with Crippen LogP contribution in [0.5, 0.6) is 0 Å². The second-order valence-corrected chi connectivity index (χ2v) is 8.08. The fourth-order valence-corrected chi connectivity index (χ4v) is 3.78. The van der Waals surface area contributed by atoms with Crippen molar-refractivity contribution in [2.24, 2.45) is 5.92 Å². The molecule has 22 heavy (non-hydrogen) atoms. The molecule has 1 aliphatic rings. The summed E-state index contributed by atoms with van der Waals surface area (Å²) >= 11 is 0. The number of para-hydroxylation sites is 1. The van der Waals surface area contributed by atoms with Gasteiger partial charge in [0, 0.05) is 32.1 Å². The highest BCUT2D eigenvalue weighted by molar-refractivity contribution is 7.91. The van der Waals surface area contributed by atoms with Gasteiger partial charge in [-0.25, -0.2) is 8.42 Å². The molecule has 1 fully saturated rings. The van der Waals surface area contributed by atoms with E-state index in [4.69, 9.17) is 0 Å². The fourth-order valence-electron chi connectivity index (χ4n) is 2.67. The first-order valence-electron chi connectivity index (χ1n) is 7.72. The zero-order valence-electron chi connectivity index (χ0n) is 13.4. The normalized spacial score (nSPS) is 16.2. The van der Waals surface area contributed by atoms with Crippen molar-refractivity contribution in [1.82, 2.24) is 4.90 Å². The quantitative estimate of drug-likeness (QED) is 0.847. The van der Waals surface area contributed by atoms with Gasteiger partial charge in [-0.1, -0.05) is 32.9 Å². The molecular formula is C16H24N2O3S. The molecule has 0 bridgehead atoms. The van der Waals surface area contributed by atoms with Crippen LogP contribution in [0.15, 0.2) is 29.2 Å². The molecule has 0 aliphatic carbocycles. The Labute approximate surface area is 132 Å². The number of benzene rings is 1. The van der Waals surface area contributed by atoms with Gasteiger partial charge < -0.3 is 9.80 Å². The molecule has 1 aliphatic heterocycles. The molecule has 0 saturated carbocycles. The van der Waals surface area contributed by atoms with Gasteiger partial charge >= 0.3 is 0 Å². The minimum Gasteiger partial charge on any atom is -0.367 e. The van der Waals surface area contributed by atoms with E-state index in [1.165, 1.54) is 0 Å². The van der Waals surface area contributed by atoms with Crippen LogP contribution in [-0.2, 0) is 14.6 Å². The summed E-state index contributed by atoms with van der Waals surface area (Å²) in [6.45, 7) is 8.06. The minimum atomic E-state index is -3.24. The standard InChI is InChI=1S/C16H24N2O3S/c1-4-22(20,21)15-8-6-5-7-14(15)17-9-11-18(12-10-17)16(19)13(2)3/h5-8,13H,4,9-12H2,1-3H3. The van der Waals surface area contributed by atoms with E-state index in [1.54, 1.807) is 19.1 Å². The van der Waals surface area contributed by atoms with Crippen LogP contribution < -0.4 is 4.90 Å². The molecule has 1 saturated heterocycles. The molecule has 2 rings (SSSR count). The largest absolute Gasteiger partial charge is 0.367 e. The molecule has 0 radical (unpaired) electrons. The van der Waals surface area contributed by atoms with Gasteiger partial charge in [-0.3, -0.25) is 4.79 Å². The second kappa shape index (κ2) is 6.69. The Morgan fingerprint density at radius 1 is 1.14 bits per heavy atom. The third kappa shape index (κ3) is 3.43. The smallest absolute Gasteiger partial charge is 0.225 e. The van der Waals surface area contributed by atoms with Crippen molar-refractivity contribution in [2.45, 2.75) is 25.7 Å². The Balaban J connectivity index is 2.18. The summed E-state index contributed by atoms with van der Waals surface area (Å²) in [5.41, 5.74) is 0.751. The van der Waals surface area contributed by atoms with E-state index in [2.05, 4.69) is 4.90 Å². The number of hydrogen-bond donors (Lipinski definition) is 0. The number of piperazine rings is 1. The zero-order valence-corrected chi connectivity index (χ0v) is 14.3. The van der Waals surface area contributed by atoms with Crippen LogP contribution in [0.3, 0.4) is 0 Å². The molecule has 5 nitrogen and oxygen atoms in total. The number of hydrogen-bond acceptors (Lipinski definition) is 4. The lowest BCUT2D eigenvalue weighted by Crippen LogP contribution is -2.50. The van der Waals surface area contributed by atoms with Gasteiger partial charge in [-0.15, -0.1) is 0 Å². The number of carbonyl (C=O) groups is 1. The van der Waals surface area contributed by atoms with E-state index in [-0.39, 0.29) is 17.6 Å². The van der Waals surface area contributed by atoms with Crippen molar-refractivity contribution in [3.63, 3.8) is 0 Å². The molecule has 1 aromatic rings. The van der Waals surface area contributed by atoms with Gasteiger partial charge in [0.1, 0.15) is 0 Å². The van der Waals surface area contributed by atoms with Crippen molar-refractivity contribution in [3.8, 4) is 0 Å². The molecule has 1 aromatic carbocycles. The number of sulfone groups is 1. The van der Waals surface area contributed by atoms with Crippen molar-refractivity contribution in [1.29, 1.82) is 0 Å². The summed E-state index contributed by atoms with van der Waals surface area (Å²) in [7, 11) is -3.24. The van der Waals surface area contributed by atoms with Crippen LogP contribution in [0.25, 0.3) is 0 Å². The lowest BCUT2D eigenvalue weighted by atomic mass is 10.1. The van der Waals surface area contributed by atoms with Gasteiger partial charge in [0.2, 0.25) is 5.91 Å². The van der Waals surface area contributed by atoms with Crippen LogP contribution in [0.4, 0.5) is 5.69 Å². The summed E-state index contributed by atoms with van der Waals surface area (Å²) in [4.78, 5) is 16.3. The molecule has 6 heteroatoms. The highest BCUT2D eigenvalue weighted by Crippen LogP contribution is 2.27. The summed E-state index contributed by atoms with van der Waals surface area (Å²) in [6, 6.07) is 7.13. The van der Waals surface area contributed by atoms with Gasteiger partial charge in [-0.2, -0.15) is 0 Å². The molecular weight excluding hydrogens is 300 g/mol. The molecule has 122 valence electrons. The monoisotopic (exact) mass is 324 g/mol. The van der Waals surface area contributed by atoms with Crippen LogP contribution >= 0.6 is 0 Å². The average molecular weight is 324 g/mol. The summed E-state index contributed by atoms with van der Waals surface area (Å²) < 4.78 is 24.5. The third-order valence-corrected chi connectivity index (χ3v) is 5.78. The topological polar surface area (TPSA) is 57.7 Å². The summed E-state index contributed by atoms with van der Waals surface area (Å²) in [5.74, 6) is 0.254. The Hall–Kier alpha value is -1.56. The SMILES string of the molecule is CCS(=O)(=O)c1ccccc1N1CCN(C(=O)C(C)C)CC1. The van der Waals surface area contributed by atoms with E-state index < -0.39 is 9.84 Å². The molecule has 0 aromatic heterocycles. The maximum atomic E-state index is 12.2. The van der Waals surface area contributed by atoms with E-state index in [1.807, 2.05) is 30.9 Å². The fraction of sp³-hybridized carbons (Fsp3) is 0.562. The Morgan fingerprint density at radius 2 is 1.73 bits per heavy atom. The predicted molar refractivity (Wildman–Crippen MR) is 87.8 cm³/mol. The van der Waals surface area contributed by atoms with Gasteiger partial charge in [0.05, 0.1) is 16.3 Å². The summed E-state index contributed by atoms with van der Waals surface area (Å²) in [5, 5.41) is 0. The molecule has 0 spiro atoms. The molecule has 0 unspecified atom stereocenters. The number of carbonyl (C=O) groups excluding carboxylic acids is 1. The van der Waals surface area contributed by atoms with E-state index >= 15 is 0 Å². The van der Waals surface area contributed by atoms with E-state index in [9.17, 15) is 13.2 Å². The Bertz CT molecular complexity index is 633. The highest BCUT2D eigenvalue weighted by Gasteiger charge is 2.26. The number of nitrogens with zero attached hydrogens (tertiary/aromatic N) is 2. The van der Waals surface area contributed by atoms with Gasteiger partial charge in [0.25, 0.3) is 0 Å². The Kier molecular flexibility index (Phi) is 5.11. The molecule has 1 heterocycles. The van der Waals surface area contributed by atoms with Crippen molar-refractivity contribution in [3.05, 3.63) is 24.3 Å². The minimum absolute atomic E-state index is 0.000643. The number of amides is 1. The van der Waals surface area contributed by atoms with Crippen LogP contribution in [0, 0.1) is 5.92 Å². The molecule has 0 atom stereocenters. The lowest BCUT2D eigenvalue weighted by molar-refractivity contribution is -0.134. The van der Waals surface area contributed by atoms with E-state index in [0.717, 1.165) is 5.69 Å². The summed E-state index contributed by atoms with van der Waals surface area (Å²) in [6.07, 6.45) is 0. The first-order valence-corrected chi connectivity index (χ1v) is 9.37. The number of rotatable bonds is 4. The van der Waals surface area contributed by atoms with Crippen molar-refractivity contribution >= 4 is 21.4 Å². The maximum Gasteiger partial charge on any atom is 0.225 e. The van der Waals surface area contributed by atoms with Crippen molar-refractivity contribution in [2.75, 3.05) is 36.8 Å². The highest BCUT2D eigenvalue weighted by atomic mass is 32.2. The van der Waals surface area contributed by atoms with E-state index in [0.29, 0.717) is 31.1 Å².